The fourth-order valence-electron chi connectivity index (χ4n) is 12.7. The molecule has 0 aliphatic carbocycles. The van der Waals surface area contributed by atoms with E-state index in [-0.39, 0.29) is 104 Å². The van der Waals surface area contributed by atoms with E-state index in [1.54, 1.807) is 22.6 Å². The maximum absolute atomic E-state index is 13.0. The highest BCUT2D eigenvalue weighted by atomic mass is 32.2. The third kappa shape index (κ3) is 32.0. The molecular formula is C72H74F22N24O18S8. The second-order valence-electron chi connectivity index (χ2n) is 29.2. The first-order valence-electron chi connectivity index (χ1n) is 40.6. The van der Waals surface area contributed by atoms with Crippen molar-refractivity contribution in [3.05, 3.63) is 90.8 Å². The van der Waals surface area contributed by atoms with Crippen molar-refractivity contribution in [2.75, 3.05) is 143 Å². The van der Waals surface area contributed by atoms with E-state index in [2.05, 4.69) is 91.2 Å². The lowest BCUT2D eigenvalue weighted by Gasteiger charge is -2.31. The minimum atomic E-state index is -6.18. The Morgan fingerprint density at radius 3 is 0.792 bits per heavy atom. The smallest absolute Gasteiger partial charge is 0.458 e. The van der Waals surface area contributed by atoms with Gasteiger partial charge in [0, 0.05) is 89.3 Å². The lowest BCUT2D eigenvalue weighted by Crippen LogP contribution is -2.40. The van der Waals surface area contributed by atoms with Crippen LogP contribution in [0.3, 0.4) is 0 Å². The molecule has 0 fully saturated rings. The fourth-order valence-corrected chi connectivity index (χ4v) is 18.1. The van der Waals surface area contributed by atoms with E-state index in [4.69, 9.17) is 18.9 Å². The van der Waals surface area contributed by atoms with E-state index < -0.39 is 155 Å². The third-order valence-electron chi connectivity index (χ3n) is 19.0. The van der Waals surface area contributed by atoms with Gasteiger partial charge < -0.3 is 48.0 Å². The third-order valence-corrected chi connectivity index (χ3v) is 26.8. The number of aromatic nitrogens is 8. The zero-order chi connectivity index (χ0) is 107. The van der Waals surface area contributed by atoms with Gasteiger partial charge in [-0.15, -0.1) is 81.7 Å². The summed E-state index contributed by atoms with van der Waals surface area (Å²) in [7, 11) is -18.3. The van der Waals surface area contributed by atoms with Gasteiger partial charge in [-0.2, -0.15) is 113 Å². The number of esters is 4. The van der Waals surface area contributed by atoms with Crippen LogP contribution in [0, 0.1) is 0 Å². The molecule has 12 rings (SSSR count). The van der Waals surface area contributed by atoms with Crippen LogP contribution < -0.4 is 38.5 Å². The first-order chi connectivity index (χ1) is 66.9. The standard InChI is InChI=1S/C19H23F3N6O5S2.C18H16F8N6O4S2.C18H21F3N6O5S2.C17H14F8N6O4S2/c1-3-28-6-4-5-12-9-13(14(10-15(12)28)27-35(30,31)11-19(20,21)22)23-25-18-26-24-16(34-18)17(29)33-8-7-32-2;1-2-32-5-3-4-9-6-10(11(7-12(9)32)31-38(34,35)8-16(19,20)21)27-29-15-30-28-13(37-15)14(33)36-18(25,26)17(22,23)24;1-3-27-6-4-5-11-9-12(13(10-14(11)27)26-34(29,30)18(19,20)21)22-24-17-25-23-15(33-17)16(28)32-8-7-31-2;1-2-31-5-3-4-8-6-9(10(7-11(8)31)30-37(33,34)17(23,24)25)26-28-14-29-27-12(36-14)13(32)35-16(21,22)15(18,19)20/h9-10,27H,3-8,11H2,1-2H3;6-7,31H,2-5,8H2,1H3;9-10,26H,3-8H2,1-2H3;6-7,30H,2-5H2,1H3. The van der Waals surface area contributed by atoms with E-state index in [0.717, 1.165) is 59.3 Å². The number of azo groups is 4. The molecule has 4 aromatic heterocycles. The number of rotatable bonds is 34. The van der Waals surface area contributed by atoms with Crippen LogP contribution >= 0.6 is 45.3 Å². The van der Waals surface area contributed by atoms with Crippen molar-refractivity contribution in [2.24, 2.45) is 40.9 Å². The van der Waals surface area contributed by atoms with Gasteiger partial charge in [-0.25, -0.2) is 36.0 Å². The zero-order valence-corrected chi connectivity index (χ0v) is 80.6. The van der Waals surface area contributed by atoms with Crippen LogP contribution in [0.1, 0.15) is 115 Å². The Morgan fingerprint density at radius 1 is 0.340 bits per heavy atom. The van der Waals surface area contributed by atoms with Gasteiger partial charge in [0.25, 0.3) is 20.5 Å². The number of halogens is 22. The van der Waals surface area contributed by atoms with Gasteiger partial charge in [0.2, 0.25) is 40.1 Å². The number of hydrogen-bond acceptors (Lipinski definition) is 42. The van der Waals surface area contributed by atoms with Crippen LogP contribution in [-0.4, -0.2) is 251 Å². The Morgan fingerprint density at radius 2 is 0.576 bits per heavy atom. The number of nitrogens with one attached hydrogen (secondary N) is 4. The molecule has 0 amide bonds. The van der Waals surface area contributed by atoms with Gasteiger partial charge >= 0.3 is 91.9 Å². The number of carbonyl (C=O) groups excluding carboxylic acids is 4. The molecule has 0 atom stereocenters. The Balaban J connectivity index is 0.000000214. The topological polar surface area (TPSA) is 523 Å². The van der Waals surface area contributed by atoms with Crippen molar-refractivity contribution in [3.63, 3.8) is 0 Å². The lowest BCUT2D eigenvalue weighted by atomic mass is 10.0. The van der Waals surface area contributed by atoms with Crippen LogP contribution in [-0.2, 0) is 94.2 Å². The average molecular weight is 2240 g/mol. The summed E-state index contributed by atoms with van der Waals surface area (Å²) in [6.07, 6.45) is -28.6. The SMILES string of the molecule is CCN1CCCc2cc(N=Nc3nnc(C(=O)OC(F)(F)C(F)(F)F)s3)c(NS(=O)(=O)C(F)(F)F)cc21.CCN1CCCc2cc(N=Nc3nnc(C(=O)OC(F)(F)C(F)(F)F)s3)c(NS(=O)(=O)CC(F)(F)F)cc21.CCN1CCCc2cc(N=Nc3nnc(C(=O)OCCOC)s3)c(NS(=O)(=O)C(F)(F)F)cc21.CCN1CCCc2cc(N=Nc3nnc(C(=O)OCCOC)s3)c(NS(=O)(=O)CC(F)(F)F)cc21. The molecule has 8 heterocycles. The number of aryl methyl sites for hydroxylation is 4. The number of alkyl halides is 22. The lowest BCUT2D eigenvalue weighted by molar-refractivity contribution is -0.370. The van der Waals surface area contributed by atoms with E-state index in [0.29, 0.717) is 118 Å². The number of fused-ring (bicyclic) bond motifs is 4. The average Bonchev–Trinajstić information content (AvgIpc) is 1.26. The number of ether oxygens (including phenoxy) is 6. The molecule has 8 aromatic rings. The molecule has 144 heavy (non-hydrogen) atoms. The van der Waals surface area contributed by atoms with Gasteiger partial charge in [0.15, 0.2) is 11.5 Å². The molecule has 0 saturated carbocycles. The molecule has 0 unspecified atom stereocenters. The van der Waals surface area contributed by atoms with Crippen molar-refractivity contribution in [3.8, 4) is 0 Å². The molecule has 72 heteroatoms. The van der Waals surface area contributed by atoms with Crippen LogP contribution in [0.4, 0.5) is 185 Å². The maximum Gasteiger partial charge on any atom is 0.516 e. The van der Waals surface area contributed by atoms with Gasteiger partial charge in [0.05, 0.1) is 36.0 Å². The maximum atomic E-state index is 13.0. The van der Waals surface area contributed by atoms with Crippen molar-refractivity contribution in [1.29, 1.82) is 0 Å². The van der Waals surface area contributed by atoms with Crippen LogP contribution in [0.2, 0.25) is 0 Å². The number of nitrogens with zero attached hydrogens (tertiary/aromatic N) is 20. The second-order valence-corrected chi connectivity index (χ2v) is 39.8. The summed E-state index contributed by atoms with van der Waals surface area (Å²) < 4.78 is 407. The quantitative estimate of drug-likeness (QED) is 0.00956. The van der Waals surface area contributed by atoms with Crippen molar-refractivity contribution >= 4 is 198 Å². The minimum absolute atomic E-state index is 0.00636. The summed E-state index contributed by atoms with van der Waals surface area (Å²) in [6, 6.07) is 10.9. The van der Waals surface area contributed by atoms with E-state index in [1.165, 1.54) is 55.3 Å². The molecule has 0 saturated heterocycles. The predicted molar refractivity (Wildman–Crippen MR) is 468 cm³/mol. The normalized spacial score (nSPS) is 14.7. The van der Waals surface area contributed by atoms with Crippen molar-refractivity contribution in [2.45, 2.75) is 127 Å². The monoisotopic (exact) mass is 2240 g/mol. The highest BCUT2D eigenvalue weighted by Crippen LogP contribution is 2.47. The first kappa shape index (κ1) is 116. The summed E-state index contributed by atoms with van der Waals surface area (Å²) in [5.74, 6) is -10.0. The van der Waals surface area contributed by atoms with Crippen LogP contribution in [0.25, 0.3) is 0 Å². The predicted octanol–water partition coefficient (Wildman–Crippen LogP) is 18.3. The number of benzene rings is 4. The molecule has 4 aliphatic heterocycles. The van der Waals surface area contributed by atoms with E-state index in [1.807, 2.05) is 44.9 Å². The van der Waals surface area contributed by atoms with E-state index in [9.17, 15) is 149 Å². The summed E-state index contributed by atoms with van der Waals surface area (Å²) in [6.45, 7) is 12.6. The van der Waals surface area contributed by atoms with Gasteiger partial charge in [-0.3, -0.25) is 18.9 Å². The number of sulfonamides is 4. The fraction of sp³-hybridized carbons (Fsp3) is 0.500. The van der Waals surface area contributed by atoms with Crippen LogP contribution in [0.5, 0.6) is 0 Å². The Bertz CT molecular complexity index is 6530. The van der Waals surface area contributed by atoms with Crippen LogP contribution in [0.15, 0.2) is 89.4 Å². The molecule has 4 aromatic carbocycles. The van der Waals surface area contributed by atoms with Gasteiger partial charge in [-0.05, 0) is 150 Å². The summed E-state index contributed by atoms with van der Waals surface area (Å²) in [5, 5.41) is 54.0. The molecule has 792 valence electrons. The summed E-state index contributed by atoms with van der Waals surface area (Å²) >= 11 is 1.73. The summed E-state index contributed by atoms with van der Waals surface area (Å²) in [5.41, 5.74) is -8.22. The number of carbonyl (C=O) groups is 4. The highest BCUT2D eigenvalue weighted by molar-refractivity contribution is 7.94. The highest BCUT2D eigenvalue weighted by Gasteiger charge is 2.64. The van der Waals surface area contributed by atoms with Gasteiger partial charge in [-0.1, -0.05) is 45.3 Å². The van der Waals surface area contributed by atoms with Gasteiger partial charge in [0.1, 0.15) is 36.0 Å². The second kappa shape index (κ2) is 47.4. The Kier molecular flexibility index (Phi) is 38.1. The number of methoxy groups -OCH3 is 2. The molecule has 0 bridgehead atoms. The largest absolute Gasteiger partial charge is 0.516 e. The molecular weight excluding hydrogens is 2160 g/mol. The summed E-state index contributed by atoms with van der Waals surface area (Å²) in [4.78, 5) is 54.6. The first-order valence-corrected chi connectivity index (χ1v) is 50.1. The minimum Gasteiger partial charge on any atom is -0.458 e. The number of hydrogen-bond donors (Lipinski definition) is 4. The van der Waals surface area contributed by atoms with Crippen molar-refractivity contribution in [1.82, 2.24) is 40.8 Å². The molecule has 42 nitrogen and oxygen atoms in total. The van der Waals surface area contributed by atoms with Crippen molar-refractivity contribution < 1.29 is 178 Å². The Hall–Kier alpha value is -12.0. The molecule has 0 spiro atoms. The molecule has 4 aliphatic rings. The Labute approximate surface area is 814 Å². The number of anilines is 8. The van der Waals surface area contributed by atoms with E-state index >= 15 is 0 Å². The molecule has 4 N–H and O–H groups in total. The molecule has 0 radical (unpaired) electrons. The zero-order valence-electron chi connectivity index (χ0n) is 74.0.